The van der Waals surface area contributed by atoms with E-state index in [0.717, 1.165) is 0 Å². The molecule has 0 atom stereocenters. The molecule has 2 nitrogen and oxygen atoms in total. The van der Waals surface area contributed by atoms with E-state index in [4.69, 9.17) is 5.84 Å². The lowest BCUT2D eigenvalue weighted by atomic mass is 10.3. The Bertz CT molecular complexity index is 329. The van der Waals surface area contributed by atoms with Gasteiger partial charge in [0.15, 0.2) is 0 Å². The van der Waals surface area contributed by atoms with Crippen molar-refractivity contribution in [1.29, 1.82) is 0 Å². The molecule has 0 aliphatic heterocycles. The second-order valence-corrected chi connectivity index (χ2v) is 4.42. The molecule has 0 saturated carbocycles. The van der Waals surface area contributed by atoms with Crippen LogP contribution >= 0.6 is 27.7 Å². The number of anilines is 1. The van der Waals surface area contributed by atoms with Gasteiger partial charge in [-0.2, -0.15) is 13.2 Å². The highest BCUT2D eigenvalue weighted by molar-refractivity contribution is 9.10. The number of nitrogens with one attached hydrogen (secondary N) is 1. The number of hydrogen-bond acceptors (Lipinski definition) is 3. The summed E-state index contributed by atoms with van der Waals surface area (Å²) >= 11 is 2.90. The minimum atomic E-state index is -4.29. The third kappa shape index (κ3) is 3.77. The van der Waals surface area contributed by atoms with Crippen LogP contribution in [0.15, 0.2) is 27.6 Å². The van der Waals surface area contributed by atoms with Crippen LogP contribution in [0, 0.1) is 0 Å². The Morgan fingerprint density at radius 3 is 2.43 bits per heavy atom. The van der Waals surface area contributed by atoms with Crippen LogP contribution in [0.2, 0.25) is 0 Å². The van der Waals surface area contributed by atoms with Crippen molar-refractivity contribution in [3.63, 3.8) is 0 Å². The molecule has 1 rings (SSSR count). The lowest BCUT2D eigenvalue weighted by Crippen LogP contribution is -2.07. The van der Waals surface area contributed by atoms with E-state index in [0.29, 0.717) is 10.2 Å². The zero-order valence-electron chi connectivity index (χ0n) is 6.73. The van der Waals surface area contributed by atoms with Crippen LogP contribution in [0.3, 0.4) is 0 Å². The molecular weight excluding hydrogens is 281 g/mol. The van der Waals surface area contributed by atoms with Crippen molar-refractivity contribution in [1.82, 2.24) is 0 Å². The van der Waals surface area contributed by atoms with Gasteiger partial charge < -0.3 is 5.43 Å². The number of rotatable bonds is 2. The summed E-state index contributed by atoms with van der Waals surface area (Å²) in [7, 11) is 0. The van der Waals surface area contributed by atoms with E-state index in [-0.39, 0.29) is 16.7 Å². The van der Waals surface area contributed by atoms with Crippen molar-refractivity contribution >= 4 is 33.4 Å². The molecule has 0 aliphatic carbocycles. The second kappa shape index (κ2) is 4.41. The molecule has 78 valence electrons. The summed E-state index contributed by atoms with van der Waals surface area (Å²) in [5.41, 5.74) is -1.58. The summed E-state index contributed by atoms with van der Waals surface area (Å²) in [4.78, 5) is 0.0832. The van der Waals surface area contributed by atoms with Crippen LogP contribution in [0.5, 0.6) is 0 Å². The minimum Gasteiger partial charge on any atom is -0.324 e. The van der Waals surface area contributed by atoms with Crippen molar-refractivity contribution in [2.24, 2.45) is 5.84 Å². The zero-order valence-corrected chi connectivity index (χ0v) is 9.13. The molecule has 0 spiro atoms. The summed E-state index contributed by atoms with van der Waals surface area (Å²) in [5, 5.41) is 0. The van der Waals surface area contributed by atoms with Crippen LogP contribution in [0.1, 0.15) is 0 Å². The number of nitrogen functional groups attached to an aromatic ring is 1. The van der Waals surface area contributed by atoms with Gasteiger partial charge in [-0.25, -0.2) is 0 Å². The lowest BCUT2D eigenvalue weighted by molar-refractivity contribution is -0.0328. The number of benzene rings is 1. The molecule has 0 amide bonds. The molecule has 0 saturated heterocycles. The highest BCUT2D eigenvalue weighted by Crippen LogP contribution is 2.38. The van der Waals surface area contributed by atoms with E-state index < -0.39 is 5.51 Å². The summed E-state index contributed by atoms with van der Waals surface area (Å²) in [6, 6.07) is 4.28. The maximum atomic E-state index is 12.0. The predicted octanol–water partition coefficient (Wildman–Crippen LogP) is 3.35. The third-order valence-electron chi connectivity index (χ3n) is 1.27. The summed E-state index contributed by atoms with van der Waals surface area (Å²) in [6.07, 6.45) is 0. The minimum absolute atomic E-state index is 0.0832. The van der Waals surface area contributed by atoms with Crippen molar-refractivity contribution in [3.05, 3.63) is 22.7 Å². The highest BCUT2D eigenvalue weighted by atomic mass is 79.9. The van der Waals surface area contributed by atoms with Gasteiger partial charge in [0.2, 0.25) is 0 Å². The van der Waals surface area contributed by atoms with Crippen LogP contribution in [-0.4, -0.2) is 5.51 Å². The third-order valence-corrected chi connectivity index (χ3v) is 2.43. The average molecular weight is 287 g/mol. The maximum absolute atomic E-state index is 12.0. The summed E-state index contributed by atoms with van der Waals surface area (Å²) in [6.45, 7) is 0. The standard InChI is InChI=1S/C7H6BrF3N2S/c8-4-1-5(13-12)3-6(2-4)14-7(9,10)11/h1-3,13H,12H2. The molecule has 0 bridgehead atoms. The topological polar surface area (TPSA) is 38.0 Å². The van der Waals surface area contributed by atoms with Gasteiger partial charge in [-0.15, -0.1) is 0 Å². The Morgan fingerprint density at radius 2 is 1.93 bits per heavy atom. The van der Waals surface area contributed by atoms with E-state index in [1.54, 1.807) is 6.07 Å². The fraction of sp³-hybridized carbons (Fsp3) is 0.143. The Morgan fingerprint density at radius 1 is 1.29 bits per heavy atom. The van der Waals surface area contributed by atoms with Gasteiger partial charge in [-0.05, 0) is 30.0 Å². The van der Waals surface area contributed by atoms with Gasteiger partial charge in [-0.1, -0.05) is 15.9 Å². The molecule has 3 N–H and O–H groups in total. The SMILES string of the molecule is NNc1cc(Br)cc(SC(F)(F)F)c1. The number of halogens is 4. The van der Waals surface area contributed by atoms with Crippen molar-refractivity contribution in [2.45, 2.75) is 10.4 Å². The van der Waals surface area contributed by atoms with Crippen LogP contribution < -0.4 is 11.3 Å². The Labute approximate surface area is 91.1 Å². The van der Waals surface area contributed by atoms with E-state index in [1.807, 2.05) is 0 Å². The maximum Gasteiger partial charge on any atom is 0.446 e. The van der Waals surface area contributed by atoms with Gasteiger partial charge in [-0.3, -0.25) is 5.84 Å². The first-order valence-corrected chi connectivity index (χ1v) is 5.04. The molecule has 1 aromatic carbocycles. The van der Waals surface area contributed by atoms with Crippen LogP contribution in [0.4, 0.5) is 18.9 Å². The zero-order chi connectivity index (χ0) is 10.8. The molecule has 7 heteroatoms. The van der Waals surface area contributed by atoms with E-state index in [9.17, 15) is 13.2 Å². The number of hydrogen-bond donors (Lipinski definition) is 2. The van der Waals surface area contributed by atoms with Crippen LogP contribution in [-0.2, 0) is 0 Å². The molecule has 0 aliphatic rings. The van der Waals surface area contributed by atoms with E-state index >= 15 is 0 Å². The number of nitrogens with two attached hydrogens (primary N) is 1. The number of thioether (sulfide) groups is 1. The van der Waals surface area contributed by atoms with Gasteiger partial charge in [0.05, 0.1) is 5.69 Å². The van der Waals surface area contributed by atoms with Crippen molar-refractivity contribution in [3.8, 4) is 0 Å². The fourth-order valence-corrected chi connectivity index (χ4v) is 2.12. The molecule has 0 unspecified atom stereocenters. The summed E-state index contributed by atoms with van der Waals surface area (Å²) < 4.78 is 36.6. The predicted molar refractivity (Wildman–Crippen MR) is 53.9 cm³/mol. The first kappa shape index (κ1) is 11.7. The normalized spacial score (nSPS) is 11.5. The van der Waals surface area contributed by atoms with Gasteiger partial charge in [0.25, 0.3) is 0 Å². The molecule has 14 heavy (non-hydrogen) atoms. The lowest BCUT2D eigenvalue weighted by Gasteiger charge is -2.08. The molecule has 1 aromatic rings. The molecule has 0 radical (unpaired) electrons. The first-order valence-electron chi connectivity index (χ1n) is 3.43. The van der Waals surface area contributed by atoms with E-state index in [2.05, 4.69) is 21.4 Å². The fourth-order valence-electron chi connectivity index (χ4n) is 0.839. The van der Waals surface area contributed by atoms with Gasteiger partial charge in [0.1, 0.15) is 0 Å². The van der Waals surface area contributed by atoms with E-state index in [1.165, 1.54) is 12.1 Å². The number of alkyl halides is 3. The monoisotopic (exact) mass is 286 g/mol. The summed E-state index contributed by atoms with van der Waals surface area (Å²) in [5.74, 6) is 5.09. The van der Waals surface area contributed by atoms with Crippen molar-refractivity contribution < 1.29 is 13.2 Å². The second-order valence-electron chi connectivity index (χ2n) is 2.37. The highest BCUT2D eigenvalue weighted by Gasteiger charge is 2.29. The largest absolute Gasteiger partial charge is 0.446 e. The molecule has 0 fully saturated rings. The molecule has 0 aromatic heterocycles. The van der Waals surface area contributed by atoms with Crippen molar-refractivity contribution in [2.75, 3.05) is 5.43 Å². The quantitative estimate of drug-likeness (QED) is 0.497. The Hall–Kier alpha value is -0.400. The van der Waals surface area contributed by atoms with Gasteiger partial charge in [0, 0.05) is 9.37 Å². The smallest absolute Gasteiger partial charge is 0.324 e. The molecule has 0 heterocycles. The average Bonchev–Trinajstić information content (AvgIpc) is 1.99. The Kier molecular flexibility index (Phi) is 3.68. The number of hydrazine groups is 1. The molecular formula is C7H6BrF3N2S. The van der Waals surface area contributed by atoms with Gasteiger partial charge >= 0.3 is 5.51 Å². The van der Waals surface area contributed by atoms with Crippen LogP contribution in [0.25, 0.3) is 0 Å². The first-order chi connectivity index (χ1) is 6.40. The Balaban J connectivity index is 2.92.